The van der Waals surface area contributed by atoms with Gasteiger partial charge in [0.1, 0.15) is 5.15 Å². The van der Waals surface area contributed by atoms with E-state index >= 15 is 0 Å². The average molecular weight is 321 g/mol. The second-order valence-electron chi connectivity index (χ2n) is 4.92. The van der Waals surface area contributed by atoms with Crippen LogP contribution in [0.4, 0.5) is 0 Å². The smallest absolute Gasteiger partial charge is 0.241 e. The monoisotopic (exact) mass is 320 g/mol. The fraction of sp³-hybridized carbons (Fsp3) is 0.133. The largest absolute Gasteiger partial charge is 0.268 e. The summed E-state index contributed by atoms with van der Waals surface area (Å²) in [5.41, 5.74) is 2.22. The Morgan fingerprint density at radius 1 is 1.10 bits per heavy atom. The number of benzene rings is 1. The van der Waals surface area contributed by atoms with Crippen molar-refractivity contribution in [3.63, 3.8) is 0 Å². The minimum atomic E-state index is -3.64. The Bertz CT molecular complexity index is 928. The summed E-state index contributed by atoms with van der Waals surface area (Å²) in [7, 11) is -3.64. The zero-order valence-corrected chi connectivity index (χ0v) is 13.1. The molecule has 0 atom stereocenters. The summed E-state index contributed by atoms with van der Waals surface area (Å²) in [5, 5.41) is 0.931. The second kappa shape index (κ2) is 4.86. The molecule has 0 radical (unpaired) electrons. The normalized spacial score (nSPS) is 12.0. The number of aryl methyl sites for hydroxylation is 2. The summed E-state index contributed by atoms with van der Waals surface area (Å²) in [6.07, 6.45) is 1.51. The van der Waals surface area contributed by atoms with Crippen molar-refractivity contribution in [1.29, 1.82) is 0 Å². The van der Waals surface area contributed by atoms with Gasteiger partial charge in [-0.15, -0.1) is 0 Å². The first-order valence-corrected chi connectivity index (χ1v) is 8.18. The Balaban J connectivity index is 2.27. The molecule has 4 nitrogen and oxygen atoms in total. The minimum absolute atomic E-state index is 0.246. The van der Waals surface area contributed by atoms with E-state index in [9.17, 15) is 8.42 Å². The van der Waals surface area contributed by atoms with Crippen LogP contribution in [0.3, 0.4) is 0 Å². The number of pyridine rings is 1. The van der Waals surface area contributed by atoms with Gasteiger partial charge in [-0.1, -0.05) is 29.3 Å². The summed E-state index contributed by atoms with van der Waals surface area (Å²) >= 11 is 6.07. The maximum Gasteiger partial charge on any atom is 0.268 e. The molecule has 0 N–H and O–H groups in total. The van der Waals surface area contributed by atoms with Crippen LogP contribution < -0.4 is 0 Å². The number of hydrogen-bond acceptors (Lipinski definition) is 3. The molecule has 0 aliphatic heterocycles. The molecule has 2 aromatic heterocycles. The lowest BCUT2D eigenvalue weighted by atomic mass is 10.2. The van der Waals surface area contributed by atoms with Crippen molar-refractivity contribution in [2.24, 2.45) is 0 Å². The molecule has 0 aliphatic carbocycles. The molecule has 2 heterocycles. The lowest BCUT2D eigenvalue weighted by Crippen LogP contribution is -2.11. The van der Waals surface area contributed by atoms with Gasteiger partial charge in [0.15, 0.2) is 0 Å². The van der Waals surface area contributed by atoms with Crippen LogP contribution in [0.15, 0.2) is 47.5 Å². The Labute approximate surface area is 128 Å². The second-order valence-corrected chi connectivity index (χ2v) is 7.09. The molecular weight excluding hydrogens is 308 g/mol. The van der Waals surface area contributed by atoms with E-state index in [1.807, 2.05) is 6.92 Å². The first kappa shape index (κ1) is 14.1. The highest BCUT2D eigenvalue weighted by Gasteiger charge is 2.20. The summed E-state index contributed by atoms with van der Waals surface area (Å²) in [6.45, 7) is 3.69. The van der Waals surface area contributed by atoms with E-state index in [1.54, 1.807) is 43.3 Å². The maximum atomic E-state index is 12.7. The van der Waals surface area contributed by atoms with Crippen molar-refractivity contribution in [3.05, 3.63) is 59.0 Å². The van der Waals surface area contributed by atoms with Crippen LogP contribution in [-0.2, 0) is 10.0 Å². The van der Waals surface area contributed by atoms with Crippen LogP contribution in [0.2, 0.25) is 5.15 Å². The van der Waals surface area contributed by atoms with E-state index in [0.29, 0.717) is 21.7 Å². The number of aromatic nitrogens is 2. The SMILES string of the molecule is Cc1ccc(S(=O)(=O)n2ccc3c(Cl)nc(C)cc32)cc1. The molecule has 0 spiro atoms. The quantitative estimate of drug-likeness (QED) is 0.679. The molecule has 6 heteroatoms. The van der Waals surface area contributed by atoms with Crippen LogP contribution in [-0.4, -0.2) is 17.4 Å². The fourth-order valence-corrected chi connectivity index (χ4v) is 3.85. The summed E-state index contributed by atoms with van der Waals surface area (Å²) in [5.74, 6) is 0. The summed E-state index contributed by atoms with van der Waals surface area (Å²) in [6, 6.07) is 10.1. The van der Waals surface area contributed by atoms with Gasteiger partial charge in [-0.25, -0.2) is 17.4 Å². The molecule has 0 saturated heterocycles. The molecule has 3 aromatic rings. The third-order valence-corrected chi connectivity index (χ3v) is 5.30. The molecule has 0 fully saturated rings. The number of fused-ring (bicyclic) bond motifs is 1. The zero-order valence-electron chi connectivity index (χ0n) is 11.5. The Morgan fingerprint density at radius 3 is 2.43 bits per heavy atom. The van der Waals surface area contributed by atoms with Gasteiger partial charge in [-0.05, 0) is 38.1 Å². The van der Waals surface area contributed by atoms with Crippen molar-refractivity contribution < 1.29 is 8.42 Å². The predicted molar refractivity (Wildman–Crippen MR) is 83.2 cm³/mol. The third kappa shape index (κ3) is 2.32. The van der Waals surface area contributed by atoms with E-state index in [4.69, 9.17) is 11.6 Å². The van der Waals surface area contributed by atoms with Crippen LogP contribution in [0, 0.1) is 13.8 Å². The summed E-state index contributed by atoms with van der Waals surface area (Å²) < 4.78 is 26.7. The molecule has 108 valence electrons. The van der Waals surface area contributed by atoms with E-state index < -0.39 is 10.0 Å². The van der Waals surface area contributed by atoms with E-state index in [-0.39, 0.29) is 4.90 Å². The Morgan fingerprint density at radius 2 is 1.76 bits per heavy atom. The van der Waals surface area contributed by atoms with Crippen molar-refractivity contribution >= 4 is 32.5 Å². The Hall–Kier alpha value is -1.85. The zero-order chi connectivity index (χ0) is 15.2. The van der Waals surface area contributed by atoms with E-state index in [2.05, 4.69) is 4.98 Å². The van der Waals surface area contributed by atoms with Gasteiger partial charge in [-0.3, -0.25) is 0 Å². The number of rotatable bonds is 2. The third-order valence-electron chi connectivity index (χ3n) is 3.31. The standard InChI is InChI=1S/C15H13ClN2O2S/c1-10-3-5-12(6-4-10)21(19,20)18-8-7-13-14(18)9-11(2)17-15(13)16/h3-9H,1-2H3. The van der Waals surface area contributed by atoms with Gasteiger partial charge >= 0.3 is 0 Å². The highest BCUT2D eigenvalue weighted by Crippen LogP contribution is 2.27. The topological polar surface area (TPSA) is 52.0 Å². The maximum absolute atomic E-state index is 12.7. The van der Waals surface area contributed by atoms with Crippen molar-refractivity contribution in [1.82, 2.24) is 8.96 Å². The molecule has 0 amide bonds. The molecule has 0 bridgehead atoms. The van der Waals surface area contributed by atoms with Gasteiger partial charge < -0.3 is 0 Å². The van der Waals surface area contributed by atoms with Crippen molar-refractivity contribution in [2.75, 3.05) is 0 Å². The van der Waals surface area contributed by atoms with Gasteiger partial charge in [-0.2, -0.15) is 0 Å². The molecule has 21 heavy (non-hydrogen) atoms. The fourth-order valence-electron chi connectivity index (χ4n) is 2.22. The van der Waals surface area contributed by atoms with Crippen molar-refractivity contribution in [2.45, 2.75) is 18.7 Å². The van der Waals surface area contributed by atoms with Gasteiger partial charge in [0.2, 0.25) is 0 Å². The molecule has 0 aliphatic rings. The van der Waals surface area contributed by atoms with Crippen LogP contribution >= 0.6 is 11.6 Å². The number of hydrogen-bond donors (Lipinski definition) is 0. The predicted octanol–water partition coefficient (Wildman–Crippen LogP) is 3.54. The molecular formula is C15H13ClN2O2S. The van der Waals surface area contributed by atoms with Crippen LogP contribution in [0.5, 0.6) is 0 Å². The average Bonchev–Trinajstić information content (AvgIpc) is 2.83. The Kier molecular flexibility index (Phi) is 3.26. The lowest BCUT2D eigenvalue weighted by Gasteiger charge is -2.08. The summed E-state index contributed by atoms with van der Waals surface area (Å²) in [4.78, 5) is 4.39. The first-order chi connectivity index (χ1) is 9.89. The van der Waals surface area contributed by atoms with Gasteiger partial charge in [0.05, 0.1) is 10.4 Å². The van der Waals surface area contributed by atoms with Gasteiger partial charge in [0, 0.05) is 17.3 Å². The molecule has 0 saturated carbocycles. The van der Waals surface area contributed by atoms with Crippen molar-refractivity contribution in [3.8, 4) is 0 Å². The van der Waals surface area contributed by atoms with E-state index in [1.165, 1.54) is 10.2 Å². The highest BCUT2D eigenvalue weighted by atomic mass is 35.5. The lowest BCUT2D eigenvalue weighted by molar-refractivity contribution is 0.589. The number of nitrogens with zero attached hydrogens (tertiary/aromatic N) is 2. The number of halogens is 1. The minimum Gasteiger partial charge on any atom is -0.241 e. The van der Waals surface area contributed by atoms with Crippen LogP contribution in [0.1, 0.15) is 11.3 Å². The molecule has 3 rings (SSSR count). The van der Waals surface area contributed by atoms with E-state index in [0.717, 1.165) is 5.56 Å². The first-order valence-electron chi connectivity index (χ1n) is 6.36. The molecule has 0 unspecified atom stereocenters. The van der Waals surface area contributed by atoms with Gasteiger partial charge in [0.25, 0.3) is 10.0 Å². The molecule has 1 aromatic carbocycles. The highest BCUT2D eigenvalue weighted by molar-refractivity contribution is 7.90. The van der Waals surface area contributed by atoms with Crippen LogP contribution in [0.25, 0.3) is 10.9 Å².